The Kier molecular flexibility index (Phi) is 6.34. The van der Waals surface area contributed by atoms with Gasteiger partial charge in [-0.25, -0.2) is 14.4 Å². The van der Waals surface area contributed by atoms with Crippen molar-refractivity contribution in [2.24, 2.45) is 5.92 Å². The van der Waals surface area contributed by atoms with Crippen LogP contribution >= 0.6 is 11.3 Å². The van der Waals surface area contributed by atoms with Crippen molar-refractivity contribution in [3.8, 4) is 0 Å². The third-order valence-electron chi connectivity index (χ3n) is 6.93. The summed E-state index contributed by atoms with van der Waals surface area (Å²) >= 11 is 1.46. The Morgan fingerprint density at radius 2 is 1.85 bits per heavy atom. The van der Waals surface area contributed by atoms with Gasteiger partial charge in [0, 0.05) is 36.9 Å². The Balaban J connectivity index is 1.18. The first-order chi connectivity index (χ1) is 16.4. The van der Waals surface area contributed by atoms with Crippen molar-refractivity contribution in [2.45, 2.75) is 51.9 Å². The van der Waals surface area contributed by atoms with Gasteiger partial charge in [0.1, 0.15) is 16.5 Å². The molecule has 1 saturated carbocycles. The van der Waals surface area contributed by atoms with Crippen LogP contribution in [0.2, 0.25) is 0 Å². The van der Waals surface area contributed by atoms with Crippen molar-refractivity contribution in [1.29, 1.82) is 0 Å². The van der Waals surface area contributed by atoms with E-state index in [2.05, 4.69) is 5.32 Å². The Bertz CT molecular complexity index is 1250. The summed E-state index contributed by atoms with van der Waals surface area (Å²) in [6.45, 7) is 5.49. The molecule has 5 rings (SSSR count). The van der Waals surface area contributed by atoms with Crippen LogP contribution < -0.4 is 5.32 Å². The number of rotatable bonds is 6. The number of carbonyl (C=O) groups excluding carboxylic acids is 2. The summed E-state index contributed by atoms with van der Waals surface area (Å²) < 4.78 is 13.7. The first-order valence-corrected chi connectivity index (χ1v) is 12.8. The monoisotopic (exact) mass is 480 g/mol. The maximum Gasteiger partial charge on any atom is 0.264 e. The highest BCUT2D eigenvalue weighted by molar-refractivity contribution is 7.20. The summed E-state index contributed by atoms with van der Waals surface area (Å²) in [5, 5.41) is 3.94. The molecule has 2 aliphatic rings. The zero-order valence-electron chi connectivity index (χ0n) is 19.6. The second-order valence-corrected chi connectivity index (χ2v) is 10.4. The summed E-state index contributed by atoms with van der Waals surface area (Å²) in [5.74, 6) is 1.02. The van der Waals surface area contributed by atoms with Gasteiger partial charge in [0.15, 0.2) is 0 Å². The first kappa shape index (κ1) is 22.9. The lowest BCUT2D eigenvalue weighted by Gasteiger charge is -2.31. The number of halogens is 1. The van der Waals surface area contributed by atoms with E-state index in [1.165, 1.54) is 17.4 Å². The highest BCUT2D eigenvalue weighted by atomic mass is 32.1. The number of hydrogen-bond donors (Lipinski definition) is 1. The quantitative estimate of drug-likeness (QED) is 0.562. The molecule has 1 aliphatic carbocycles. The largest absolute Gasteiger partial charge is 0.356 e. The molecule has 8 heteroatoms. The van der Waals surface area contributed by atoms with Gasteiger partial charge in [0.25, 0.3) is 5.91 Å². The van der Waals surface area contributed by atoms with E-state index in [4.69, 9.17) is 9.97 Å². The molecule has 1 N–H and O–H groups in total. The van der Waals surface area contributed by atoms with E-state index >= 15 is 0 Å². The maximum absolute atomic E-state index is 13.7. The molecule has 1 aliphatic heterocycles. The molecule has 34 heavy (non-hydrogen) atoms. The molecule has 0 radical (unpaired) electrons. The van der Waals surface area contributed by atoms with Gasteiger partial charge in [-0.1, -0.05) is 18.2 Å². The van der Waals surface area contributed by atoms with Crippen LogP contribution in [0.25, 0.3) is 10.2 Å². The fraction of sp³-hybridized carbons (Fsp3) is 0.462. The fourth-order valence-corrected chi connectivity index (χ4v) is 5.95. The molecule has 178 valence electrons. The number of hydrogen-bond acceptors (Lipinski definition) is 5. The third-order valence-corrected chi connectivity index (χ3v) is 8.10. The van der Waals surface area contributed by atoms with E-state index in [1.807, 2.05) is 18.7 Å². The Labute approximate surface area is 202 Å². The van der Waals surface area contributed by atoms with Crippen molar-refractivity contribution in [3.05, 3.63) is 57.6 Å². The first-order valence-electron chi connectivity index (χ1n) is 12.0. The Hall–Kier alpha value is -2.87. The van der Waals surface area contributed by atoms with E-state index in [9.17, 15) is 14.0 Å². The Morgan fingerprint density at radius 1 is 1.12 bits per heavy atom. The zero-order chi connectivity index (χ0) is 23.8. The minimum absolute atomic E-state index is 0.0139. The minimum Gasteiger partial charge on any atom is -0.356 e. The molecule has 0 bridgehead atoms. The fourth-order valence-electron chi connectivity index (χ4n) is 4.74. The highest BCUT2D eigenvalue weighted by Crippen LogP contribution is 2.40. The topological polar surface area (TPSA) is 75.2 Å². The molecule has 1 aromatic carbocycles. The normalized spacial score (nSPS) is 16.7. The average Bonchev–Trinajstić information content (AvgIpc) is 3.63. The number of fused-ring (bicyclic) bond motifs is 1. The lowest BCUT2D eigenvalue weighted by atomic mass is 9.95. The number of amides is 2. The maximum atomic E-state index is 13.7. The number of nitrogens with one attached hydrogen (secondary N) is 1. The van der Waals surface area contributed by atoms with Crippen LogP contribution in [-0.4, -0.2) is 46.3 Å². The van der Waals surface area contributed by atoms with Gasteiger partial charge in [-0.3, -0.25) is 9.59 Å². The molecular weight excluding hydrogens is 451 g/mol. The van der Waals surface area contributed by atoms with Gasteiger partial charge in [-0.15, -0.1) is 11.3 Å². The predicted molar refractivity (Wildman–Crippen MR) is 131 cm³/mol. The smallest absolute Gasteiger partial charge is 0.264 e. The van der Waals surface area contributed by atoms with E-state index in [0.717, 1.165) is 45.0 Å². The summed E-state index contributed by atoms with van der Waals surface area (Å²) in [6.07, 6.45) is 4.02. The second kappa shape index (κ2) is 9.41. The lowest BCUT2D eigenvalue weighted by molar-refractivity contribution is -0.126. The van der Waals surface area contributed by atoms with Crippen molar-refractivity contribution in [3.63, 3.8) is 0 Å². The van der Waals surface area contributed by atoms with Crippen LogP contribution in [0, 0.1) is 25.6 Å². The van der Waals surface area contributed by atoms with Crippen molar-refractivity contribution < 1.29 is 14.0 Å². The van der Waals surface area contributed by atoms with Crippen molar-refractivity contribution in [2.75, 3.05) is 19.6 Å². The molecule has 0 unspecified atom stereocenters. The van der Waals surface area contributed by atoms with Crippen LogP contribution in [0.15, 0.2) is 24.3 Å². The molecular formula is C26H29FN4O2S. The predicted octanol–water partition coefficient (Wildman–Crippen LogP) is 4.54. The summed E-state index contributed by atoms with van der Waals surface area (Å²) in [5.41, 5.74) is 2.51. The van der Waals surface area contributed by atoms with Crippen LogP contribution in [0.3, 0.4) is 0 Å². The van der Waals surface area contributed by atoms with Crippen molar-refractivity contribution >= 4 is 33.4 Å². The number of likely N-dealkylation sites (tertiary alicyclic amines) is 1. The van der Waals surface area contributed by atoms with E-state index < -0.39 is 0 Å². The van der Waals surface area contributed by atoms with Crippen LogP contribution in [0.4, 0.5) is 4.39 Å². The lowest BCUT2D eigenvalue weighted by Crippen LogP contribution is -2.43. The van der Waals surface area contributed by atoms with Gasteiger partial charge >= 0.3 is 0 Å². The van der Waals surface area contributed by atoms with Crippen LogP contribution in [-0.2, 0) is 11.2 Å². The van der Waals surface area contributed by atoms with E-state index in [1.54, 1.807) is 18.2 Å². The SMILES string of the molecule is Cc1nc(C2CC2)nc2sc(C(=O)N3CCC(C(=O)NCCc4ccccc4F)CC3)c(C)c12. The molecule has 3 aromatic rings. The third kappa shape index (κ3) is 4.56. The number of aryl methyl sites for hydroxylation is 2. The number of benzene rings is 1. The molecule has 3 heterocycles. The van der Waals surface area contributed by atoms with Crippen LogP contribution in [0.5, 0.6) is 0 Å². The number of thiophene rings is 1. The average molecular weight is 481 g/mol. The number of carbonyl (C=O) groups is 2. The number of aromatic nitrogens is 2. The molecule has 0 atom stereocenters. The van der Waals surface area contributed by atoms with E-state index in [0.29, 0.717) is 50.4 Å². The summed E-state index contributed by atoms with van der Waals surface area (Å²) in [6, 6.07) is 6.63. The Morgan fingerprint density at radius 3 is 2.56 bits per heavy atom. The van der Waals surface area contributed by atoms with Gasteiger partial charge in [-0.2, -0.15) is 0 Å². The molecule has 2 fully saturated rings. The molecule has 6 nitrogen and oxygen atoms in total. The summed E-state index contributed by atoms with van der Waals surface area (Å²) in [4.78, 5) is 38.9. The number of piperidine rings is 1. The van der Waals surface area contributed by atoms with Gasteiger partial charge < -0.3 is 10.2 Å². The molecule has 0 spiro atoms. The van der Waals surface area contributed by atoms with Gasteiger partial charge in [0.2, 0.25) is 5.91 Å². The molecule has 2 aromatic heterocycles. The van der Waals surface area contributed by atoms with E-state index in [-0.39, 0.29) is 23.5 Å². The van der Waals surface area contributed by atoms with Gasteiger partial charge in [-0.05, 0) is 63.1 Å². The summed E-state index contributed by atoms with van der Waals surface area (Å²) in [7, 11) is 0. The zero-order valence-corrected chi connectivity index (χ0v) is 20.4. The minimum atomic E-state index is -0.245. The molecule has 1 saturated heterocycles. The van der Waals surface area contributed by atoms with Crippen LogP contribution in [0.1, 0.15) is 63.9 Å². The molecule has 2 amide bonds. The van der Waals surface area contributed by atoms with Gasteiger partial charge in [0.05, 0.1) is 10.6 Å². The number of nitrogens with zero attached hydrogens (tertiary/aromatic N) is 3. The highest BCUT2D eigenvalue weighted by Gasteiger charge is 2.31. The second-order valence-electron chi connectivity index (χ2n) is 9.38. The standard InChI is InChI=1S/C26H29FN4O2S/c1-15-21-16(2)29-23(18-7-8-18)30-25(21)34-22(15)26(33)31-13-10-19(11-14-31)24(32)28-12-9-17-5-3-4-6-20(17)27/h3-6,18-19H,7-14H2,1-2H3,(H,28,32). The van der Waals surface area contributed by atoms with Crippen molar-refractivity contribution in [1.82, 2.24) is 20.2 Å².